The fourth-order valence-corrected chi connectivity index (χ4v) is 6.52. The van der Waals surface area contributed by atoms with Gasteiger partial charge >= 0.3 is 5.97 Å². The maximum atomic E-state index is 14.1. The van der Waals surface area contributed by atoms with Gasteiger partial charge < -0.3 is 14.0 Å². The Morgan fingerprint density at radius 2 is 1.26 bits per heavy atom. The molecule has 34 heavy (non-hydrogen) atoms. The van der Waals surface area contributed by atoms with Gasteiger partial charge in [-0.1, -0.05) is 81.4 Å². The van der Waals surface area contributed by atoms with Crippen LogP contribution < -0.4 is 0 Å². The van der Waals surface area contributed by atoms with Crippen LogP contribution in [0.4, 0.5) is 0 Å². The SMILES string of the molecule is C/C=C/C(C)[C@H](O[Si](C)(C)C(C)(C)C)[C@@H](C)C(=O)C(C)(C)[C@H](CC(=O)O)O[Si](C)(C)C(C)(C)C. The molecule has 1 N–H and O–H groups in total. The van der Waals surface area contributed by atoms with Crippen LogP contribution >= 0.6 is 0 Å². The van der Waals surface area contributed by atoms with Crippen molar-refractivity contribution >= 4 is 28.4 Å². The molecule has 7 heteroatoms. The lowest BCUT2D eigenvalue weighted by Gasteiger charge is -2.46. The fraction of sp³-hybridized carbons (Fsp3) is 0.852. The van der Waals surface area contributed by atoms with E-state index < -0.39 is 40.0 Å². The van der Waals surface area contributed by atoms with E-state index in [4.69, 9.17) is 8.85 Å². The van der Waals surface area contributed by atoms with Crippen LogP contribution in [0.2, 0.25) is 36.3 Å². The number of ketones is 1. The Balaban J connectivity index is 6.32. The minimum Gasteiger partial charge on any atom is -0.481 e. The van der Waals surface area contributed by atoms with Crippen LogP contribution in [0.5, 0.6) is 0 Å². The summed E-state index contributed by atoms with van der Waals surface area (Å²) >= 11 is 0. The second-order valence-electron chi connectivity index (χ2n) is 13.6. The molecule has 1 unspecified atom stereocenters. The van der Waals surface area contributed by atoms with Crippen LogP contribution in [0.25, 0.3) is 0 Å². The standard InChI is InChI=1S/C27H54O5Si2/c1-16-17-19(2)23(32-34(14,15)26(7,8)9)20(3)24(30)27(10,11)21(18-22(28)29)31-33(12,13)25(4,5)6/h16-17,19-21,23H,18H2,1-15H3,(H,28,29)/b17-16+/t19?,20-,21+,23+/m1/s1. The number of carbonyl (C=O) groups excluding carboxylic acids is 1. The van der Waals surface area contributed by atoms with Gasteiger partial charge in [0.05, 0.1) is 18.6 Å². The fourth-order valence-electron chi connectivity index (χ4n) is 3.62. The van der Waals surface area contributed by atoms with E-state index in [1.165, 1.54) is 0 Å². The molecule has 0 amide bonds. The number of carbonyl (C=O) groups is 2. The second-order valence-corrected chi connectivity index (χ2v) is 23.1. The van der Waals surface area contributed by atoms with Gasteiger partial charge in [0, 0.05) is 11.3 Å². The Labute approximate surface area is 212 Å². The van der Waals surface area contributed by atoms with Crippen molar-refractivity contribution in [3.8, 4) is 0 Å². The molecule has 0 aliphatic carbocycles. The lowest BCUT2D eigenvalue weighted by Crippen LogP contribution is -2.54. The molecule has 0 heterocycles. The summed E-state index contributed by atoms with van der Waals surface area (Å²) in [5, 5.41) is 9.59. The third-order valence-corrected chi connectivity index (χ3v) is 17.2. The van der Waals surface area contributed by atoms with Crippen molar-refractivity contribution in [2.24, 2.45) is 17.3 Å². The first-order valence-corrected chi connectivity index (χ1v) is 18.5. The molecule has 0 aromatic rings. The molecular weight excluding hydrogens is 460 g/mol. The van der Waals surface area contributed by atoms with Crippen LogP contribution in [-0.4, -0.2) is 45.7 Å². The van der Waals surface area contributed by atoms with Crippen molar-refractivity contribution in [3.63, 3.8) is 0 Å². The van der Waals surface area contributed by atoms with E-state index in [0.29, 0.717) is 0 Å². The Morgan fingerprint density at radius 1 is 0.853 bits per heavy atom. The summed E-state index contributed by atoms with van der Waals surface area (Å²) in [7, 11) is -4.45. The predicted molar refractivity (Wildman–Crippen MR) is 148 cm³/mol. The quantitative estimate of drug-likeness (QED) is 0.213. The van der Waals surface area contributed by atoms with Crippen LogP contribution in [0.3, 0.4) is 0 Å². The summed E-state index contributed by atoms with van der Waals surface area (Å²) in [4.78, 5) is 25.9. The van der Waals surface area contributed by atoms with E-state index in [-0.39, 0.29) is 34.3 Å². The number of allylic oxidation sites excluding steroid dienone is 1. The number of carboxylic acids is 1. The van der Waals surface area contributed by atoms with Gasteiger partial charge in [-0.25, -0.2) is 0 Å². The molecule has 0 saturated carbocycles. The van der Waals surface area contributed by atoms with Crippen LogP contribution in [0, 0.1) is 17.3 Å². The molecule has 0 radical (unpaired) electrons. The summed E-state index contributed by atoms with van der Waals surface area (Å²) in [5.41, 5.74) is -0.974. The minimum absolute atomic E-state index is 0.00229. The van der Waals surface area contributed by atoms with E-state index in [1.54, 1.807) is 0 Å². The molecule has 200 valence electrons. The Morgan fingerprint density at radius 3 is 1.62 bits per heavy atom. The van der Waals surface area contributed by atoms with Gasteiger partial charge in [0.25, 0.3) is 0 Å². The Hall–Kier alpha value is -0.766. The second kappa shape index (κ2) is 11.5. The summed E-state index contributed by atoms with van der Waals surface area (Å²) < 4.78 is 13.4. The van der Waals surface area contributed by atoms with Gasteiger partial charge in [-0.15, -0.1) is 0 Å². The average Bonchev–Trinajstić information content (AvgIpc) is 2.62. The normalized spacial score (nSPS) is 18.0. The van der Waals surface area contributed by atoms with Crippen molar-refractivity contribution in [2.45, 2.75) is 131 Å². The summed E-state index contributed by atoms with van der Waals surface area (Å²) in [5.74, 6) is -1.31. The van der Waals surface area contributed by atoms with Gasteiger partial charge in [0.15, 0.2) is 16.6 Å². The zero-order chi connectivity index (χ0) is 27.5. The smallest absolute Gasteiger partial charge is 0.305 e. The van der Waals surface area contributed by atoms with Gasteiger partial charge in [0.1, 0.15) is 5.78 Å². The van der Waals surface area contributed by atoms with E-state index in [2.05, 4.69) is 80.7 Å². The minimum atomic E-state index is -2.30. The number of aliphatic carboxylic acids is 1. The van der Waals surface area contributed by atoms with E-state index in [1.807, 2.05) is 33.8 Å². The zero-order valence-corrected chi connectivity index (χ0v) is 26.8. The summed E-state index contributed by atoms with van der Waals surface area (Å²) in [6, 6.07) is 0. The van der Waals surface area contributed by atoms with Crippen molar-refractivity contribution in [1.29, 1.82) is 0 Å². The lowest BCUT2D eigenvalue weighted by atomic mass is 9.73. The number of rotatable bonds is 12. The van der Waals surface area contributed by atoms with Gasteiger partial charge in [-0.3, -0.25) is 9.59 Å². The molecule has 0 bridgehead atoms. The van der Waals surface area contributed by atoms with Crippen LogP contribution in [0.15, 0.2) is 12.2 Å². The Kier molecular flexibility index (Phi) is 11.3. The number of hydrogen-bond acceptors (Lipinski definition) is 4. The van der Waals surface area contributed by atoms with E-state index in [0.717, 1.165) is 0 Å². The molecule has 0 aliphatic rings. The summed E-state index contributed by atoms with van der Waals surface area (Å²) in [6.45, 7) is 31.3. The monoisotopic (exact) mass is 514 g/mol. The molecule has 4 atom stereocenters. The number of carboxylic acid groups (broad SMARTS) is 1. The summed E-state index contributed by atoms with van der Waals surface area (Å²) in [6.07, 6.45) is 2.91. The molecule has 0 aromatic carbocycles. The van der Waals surface area contributed by atoms with Gasteiger partial charge in [-0.05, 0) is 49.1 Å². The highest BCUT2D eigenvalue weighted by Gasteiger charge is 2.49. The van der Waals surface area contributed by atoms with Crippen molar-refractivity contribution in [3.05, 3.63) is 12.2 Å². The number of Topliss-reactive ketones (excluding diaryl/α,β-unsaturated/α-hetero) is 1. The number of hydrogen-bond donors (Lipinski definition) is 1. The maximum Gasteiger partial charge on any atom is 0.305 e. The van der Waals surface area contributed by atoms with Crippen molar-refractivity contribution in [2.75, 3.05) is 0 Å². The maximum absolute atomic E-state index is 14.1. The molecule has 0 aliphatic heterocycles. The highest BCUT2D eigenvalue weighted by molar-refractivity contribution is 6.74. The molecule has 0 fully saturated rings. The first kappa shape index (κ1) is 33.2. The Bertz CT molecular complexity index is 726. The third kappa shape index (κ3) is 8.42. The van der Waals surface area contributed by atoms with Crippen molar-refractivity contribution in [1.82, 2.24) is 0 Å². The largest absolute Gasteiger partial charge is 0.481 e. The molecular formula is C27H54O5Si2. The molecule has 0 aromatic heterocycles. The van der Waals surface area contributed by atoms with Crippen LogP contribution in [-0.2, 0) is 18.4 Å². The molecule has 5 nitrogen and oxygen atoms in total. The molecule has 0 saturated heterocycles. The molecule has 0 spiro atoms. The van der Waals surface area contributed by atoms with Crippen LogP contribution in [0.1, 0.15) is 82.6 Å². The molecule has 0 rings (SSSR count). The zero-order valence-electron chi connectivity index (χ0n) is 24.8. The van der Waals surface area contributed by atoms with Gasteiger partial charge in [-0.2, -0.15) is 0 Å². The topological polar surface area (TPSA) is 72.8 Å². The highest BCUT2D eigenvalue weighted by Crippen LogP contribution is 2.43. The van der Waals surface area contributed by atoms with Crippen molar-refractivity contribution < 1.29 is 23.5 Å². The average molecular weight is 515 g/mol. The van der Waals surface area contributed by atoms with E-state index in [9.17, 15) is 14.7 Å². The lowest BCUT2D eigenvalue weighted by molar-refractivity contribution is -0.146. The first-order chi connectivity index (χ1) is 14.9. The van der Waals surface area contributed by atoms with E-state index >= 15 is 0 Å². The first-order valence-electron chi connectivity index (χ1n) is 12.7. The highest BCUT2D eigenvalue weighted by atomic mass is 28.4. The third-order valence-electron chi connectivity index (χ3n) is 8.20. The van der Waals surface area contributed by atoms with Gasteiger partial charge in [0.2, 0.25) is 0 Å². The predicted octanol–water partition coefficient (Wildman–Crippen LogP) is 7.69.